The predicted octanol–water partition coefficient (Wildman–Crippen LogP) is 6.06. The van der Waals surface area contributed by atoms with Crippen LogP contribution in [0.1, 0.15) is 65.9 Å². The molecule has 0 fully saturated rings. The molecule has 5 nitrogen and oxygen atoms in total. The Balaban J connectivity index is 1.31. The second-order valence-electron chi connectivity index (χ2n) is 11.2. The van der Waals surface area contributed by atoms with Gasteiger partial charge in [-0.25, -0.2) is 4.79 Å². The van der Waals surface area contributed by atoms with Crippen molar-refractivity contribution in [2.24, 2.45) is 5.92 Å². The lowest BCUT2D eigenvalue weighted by molar-refractivity contribution is -0.00440. The number of carbonyl (C=O) groups excluding carboxylic acids is 1. The summed E-state index contributed by atoms with van der Waals surface area (Å²) in [7, 11) is 1.39. The van der Waals surface area contributed by atoms with Gasteiger partial charge in [0, 0.05) is 12.1 Å². The van der Waals surface area contributed by atoms with Crippen LogP contribution in [-0.2, 0) is 22.3 Å². The maximum Gasteiger partial charge on any atom is 0.338 e. The first-order valence-corrected chi connectivity index (χ1v) is 13.6. The number of carbonyl (C=O) groups is 1. The van der Waals surface area contributed by atoms with Crippen molar-refractivity contribution in [3.8, 4) is 11.1 Å². The number of esters is 1. The van der Waals surface area contributed by atoms with Gasteiger partial charge in [0.15, 0.2) is 0 Å². The minimum absolute atomic E-state index is 0.0693. The molecule has 0 saturated carbocycles. The monoisotopic (exact) mass is 515 g/mol. The first-order chi connectivity index (χ1) is 18.2. The summed E-state index contributed by atoms with van der Waals surface area (Å²) in [4.78, 5) is 12.0. The molecule has 3 aromatic rings. The van der Waals surface area contributed by atoms with Crippen molar-refractivity contribution in [2.45, 2.75) is 64.7 Å². The summed E-state index contributed by atoms with van der Waals surface area (Å²) in [5.41, 5.74) is 7.41. The van der Waals surface area contributed by atoms with E-state index in [1.54, 1.807) is 6.07 Å². The molecule has 0 heterocycles. The van der Waals surface area contributed by atoms with Crippen molar-refractivity contribution in [1.82, 2.24) is 5.32 Å². The van der Waals surface area contributed by atoms with Crippen LogP contribution in [0.15, 0.2) is 66.7 Å². The number of ether oxygens (including phenoxy) is 2. The molecule has 38 heavy (non-hydrogen) atoms. The van der Waals surface area contributed by atoms with E-state index < -0.39 is 6.10 Å². The lowest BCUT2D eigenvalue weighted by Gasteiger charge is -2.31. The molecule has 0 amide bonds. The van der Waals surface area contributed by atoms with Crippen LogP contribution in [0.3, 0.4) is 0 Å². The van der Waals surface area contributed by atoms with E-state index >= 15 is 0 Å². The highest BCUT2D eigenvalue weighted by Gasteiger charge is 2.28. The van der Waals surface area contributed by atoms with Crippen LogP contribution in [-0.4, -0.2) is 43.0 Å². The van der Waals surface area contributed by atoms with Gasteiger partial charge in [-0.15, -0.1) is 0 Å². The molecule has 0 radical (unpaired) electrons. The van der Waals surface area contributed by atoms with Gasteiger partial charge in [-0.1, -0.05) is 60.7 Å². The molecule has 0 spiro atoms. The van der Waals surface area contributed by atoms with E-state index in [1.165, 1.54) is 18.2 Å². The average molecular weight is 516 g/mol. The molecular formula is C33H41NO4. The normalized spacial score (nSPS) is 15.2. The molecule has 5 heteroatoms. The van der Waals surface area contributed by atoms with Crippen molar-refractivity contribution in [1.29, 1.82) is 0 Å². The number of aryl methyl sites for hydroxylation is 1. The summed E-state index contributed by atoms with van der Waals surface area (Å²) in [6.07, 6.45) is 2.52. The van der Waals surface area contributed by atoms with E-state index in [-0.39, 0.29) is 24.2 Å². The zero-order valence-electron chi connectivity index (χ0n) is 23.3. The fraction of sp³-hybridized carbons (Fsp3) is 0.424. The third kappa shape index (κ3) is 6.90. The van der Waals surface area contributed by atoms with Crippen LogP contribution in [0.2, 0.25) is 0 Å². The van der Waals surface area contributed by atoms with E-state index in [0.717, 1.165) is 41.5 Å². The molecule has 1 aliphatic rings. The fourth-order valence-electron chi connectivity index (χ4n) is 5.67. The summed E-state index contributed by atoms with van der Waals surface area (Å²) < 4.78 is 11.0. The van der Waals surface area contributed by atoms with Gasteiger partial charge in [0.1, 0.15) is 0 Å². The number of aliphatic hydroxyl groups excluding tert-OH is 1. The molecule has 202 valence electrons. The SMILES string of the molecule is COC(=O)c1ccc(-c2ccccc2C(C)OC[C@H](O)CNC(C)(C)CC2Cc3ccccc3C2)cc1C. The molecule has 0 aliphatic heterocycles. The van der Waals surface area contributed by atoms with Gasteiger partial charge in [-0.2, -0.15) is 0 Å². The predicted molar refractivity (Wildman–Crippen MR) is 152 cm³/mol. The van der Waals surface area contributed by atoms with Crippen LogP contribution in [0.25, 0.3) is 11.1 Å². The van der Waals surface area contributed by atoms with E-state index in [9.17, 15) is 9.90 Å². The Kier molecular flexibility index (Phi) is 9.03. The molecule has 2 N–H and O–H groups in total. The average Bonchev–Trinajstić information content (AvgIpc) is 3.31. The highest BCUT2D eigenvalue weighted by molar-refractivity contribution is 5.91. The molecule has 0 bridgehead atoms. The van der Waals surface area contributed by atoms with Gasteiger partial charge in [0.05, 0.1) is 31.5 Å². The number of benzene rings is 3. The lowest BCUT2D eigenvalue weighted by Crippen LogP contribution is -2.45. The maximum atomic E-state index is 12.0. The molecule has 1 aliphatic carbocycles. The Morgan fingerprint density at radius 2 is 1.71 bits per heavy atom. The number of nitrogens with one attached hydrogen (secondary N) is 1. The van der Waals surface area contributed by atoms with Crippen LogP contribution in [0.5, 0.6) is 0 Å². The maximum absolute atomic E-state index is 12.0. The summed E-state index contributed by atoms with van der Waals surface area (Å²) >= 11 is 0. The zero-order chi connectivity index (χ0) is 27.3. The Morgan fingerprint density at radius 1 is 1.05 bits per heavy atom. The van der Waals surface area contributed by atoms with Crippen molar-refractivity contribution in [2.75, 3.05) is 20.3 Å². The highest BCUT2D eigenvalue weighted by Crippen LogP contribution is 2.33. The smallest absolute Gasteiger partial charge is 0.338 e. The molecule has 4 rings (SSSR count). The Labute approximate surface area is 227 Å². The number of hydrogen-bond acceptors (Lipinski definition) is 5. The third-order valence-corrected chi connectivity index (χ3v) is 7.63. The summed E-state index contributed by atoms with van der Waals surface area (Å²) in [5, 5.41) is 14.3. The van der Waals surface area contributed by atoms with Gasteiger partial charge < -0.3 is 19.9 Å². The van der Waals surface area contributed by atoms with Crippen molar-refractivity contribution in [3.63, 3.8) is 0 Å². The van der Waals surface area contributed by atoms with Gasteiger partial charge in [0.25, 0.3) is 0 Å². The molecule has 0 aromatic heterocycles. The summed E-state index contributed by atoms with van der Waals surface area (Å²) in [6.45, 7) is 9.08. The van der Waals surface area contributed by atoms with Crippen molar-refractivity contribution in [3.05, 3.63) is 94.5 Å². The first-order valence-electron chi connectivity index (χ1n) is 13.6. The second-order valence-corrected chi connectivity index (χ2v) is 11.2. The standard InChI is InChI=1S/C33H41NO4/c1-22-16-27(14-15-29(22)32(36)37-5)31-13-9-8-12-30(31)23(2)38-21-28(35)20-34-33(3,4)19-24-17-25-10-6-7-11-26(25)18-24/h6-16,23-24,28,34-35H,17-21H2,1-5H3/t23?,28-/m1/s1. The quantitative estimate of drug-likeness (QED) is 0.304. The van der Waals surface area contributed by atoms with Gasteiger partial charge in [-0.3, -0.25) is 0 Å². The van der Waals surface area contributed by atoms with Crippen molar-refractivity contribution >= 4 is 5.97 Å². The number of rotatable bonds is 11. The summed E-state index contributed by atoms with van der Waals surface area (Å²) in [6, 6.07) is 22.6. The Bertz CT molecular complexity index is 1230. The molecule has 0 saturated heterocycles. The van der Waals surface area contributed by atoms with E-state index in [2.05, 4.69) is 55.6 Å². The Morgan fingerprint density at radius 3 is 2.37 bits per heavy atom. The molecule has 1 unspecified atom stereocenters. The number of methoxy groups -OCH3 is 1. The minimum Gasteiger partial charge on any atom is -0.465 e. The van der Waals surface area contributed by atoms with Crippen LogP contribution >= 0.6 is 0 Å². The first kappa shape index (κ1) is 28.0. The molecule has 2 atom stereocenters. The summed E-state index contributed by atoms with van der Waals surface area (Å²) in [5.74, 6) is 0.295. The van der Waals surface area contributed by atoms with Gasteiger partial charge >= 0.3 is 5.97 Å². The third-order valence-electron chi connectivity index (χ3n) is 7.63. The van der Waals surface area contributed by atoms with Crippen LogP contribution in [0.4, 0.5) is 0 Å². The zero-order valence-corrected chi connectivity index (χ0v) is 23.3. The minimum atomic E-state index is -0.605. The van der Waals surface area contributed by atoms with Crippen LogP contribution < -0.4 is 5.32 Å². The second kappa shape index (κ2) is 12.2. The van der Waals surface area contributed by atoms with Gasteiger partial charge in [0.2, 0.25) is 0 Å². The molecular weight excluding hydrogens is 474 g/mol. The van der Waals surface area contributed by atoms with Crippen LogP contribution in [0, 0.1) is 12.8 Å². The number of aliphatic hydroxyl groups is 1. The van der Waals surface area contributed by atoms with E-state index in [0.29, 0.717) is 18.0 Å². The number of β-amino-alcohol motifs (C(OH)–C–C–N with tert-alkyl or cyclic N) is 1. The fourth-order valence-corrected chi connectivity index (χ4v) is 5.67. The Hall–Kier alpha value is -2.99. The van der Waals surface area contributed by atoms with Crippen molar-refractivity contribution < 1.29 is 19.4 Å². The topological polar surface area (TPSA) is 67.8 Å². The number of hydrogen-bond donors (Lipinski definition) is 2. The lowest BCUT2D eigenvalue weighted by atomic mass is 9.88. The van der Waals surface area contributed by atoms with Gasteiger partial charge in [-0.05, 0) is 92.3 Å². The van der Waals surface area contributed by atoms with E-state index in [1.807, 2.05) is 38.1 Å². The van der Waals surface area contributed by atoms with E-state index in [4.69, 9.17) is 9.47 Å². The highest BCUT2D eigenvalue weighted by atomic mass is 16.5. The number of fused-ring (bicyclic) bond motifs is 1. The largest absolute Gasteiger partial charge is 0.465 e. The molecule has 3 aromatic carbocycles.